The number of aliphatic hydroxyl groups excluding tert-OH is 1. The minimum atomic E-state index is -0.784. The number of carbonyl (C=O) groups is 1. The number of carbonyl (C=O) groups excluding carboxylic acids is 1. The molecule has 0 saturated heterocycles. The van der Waals surface area contributed by atoms with E-state index in [1.807, 2.05) is 12.2 Å². The van der Waals surface area contributed by atoms with Crippen molar-refractivity contribution in [3.05, 3.63) is 23.3 Å². The Kier molecular flexibility index (Phi) is 5.03. The lowest BCUT2D eigenvalue weighted by Crippen LogP contribution is -2.64. The normalized spacial score (nSPS) is 49.6. The summed E-state index contributed by atoms with van der Waals surface area (Å²) in [5.74, 6) is 0.313. The Morgan fingerprint density at radius 2 is 1.63 bits per heavy atom. The lowest BCUT2D eigenvalue weighted by molar-refractivity contribution is -0.164. The Balaban J connectivity index is 1.70. The quantitative estimate of drug-likeness (QED) is 0.433. The smallest absolute Gasteiger partial charge is 0.159 e. The van der Waals surface area contributed by atoms with Crippen LogP contribution in [0.2, 0.25) is 0 Å². The highest BCUT2D eigenvalue weighted by Crippen LogP contribution is 2.74. The maximum Gasteiger partial charge on any atom is 0.159 e. The molecule has 5 rings (SSSR count). The number of fused-ring (bicyclic) bond motifs is 7. The van der Waals surface area contributed by atoms with Crippen LogP contribution in [-0.4, -0.2) is 17.0 Å². The molecule has 0 aromatic heterocycles. The van der Waals surface area contributed by atoms with Gasteiger partial charge in [-0.05, 0) is 84.5 Å². The number of rotatable bonds is 0. The molecule has 4 heteroatoms. The van der Waals surface area contributed by atoms with E-state index in [1.165, 1.54) is 0 Å². The summed E-state index contributed by atoms with van der Waals surface area (Å²) in [5, 5.41) is 31.3. The first-order valence-electron chi connectivity index (χ1n) is 13.6. The fourth-order valence-electron chi connectivity index (χ4n) is 9.99. The molecule has 35 heavy (non-hydrogen) atoms. The van der Waals surface area contributed by atoms with Gasteiger partial charge in [0, 0.05) is 11.3 Å². The van der Waals surface area contributed by atoms with Crippen LogP contribution >= 0.6 is 0 Å². The molecule has 188 valence electrons. The van der Waals surface area contributed by atoms with Gasteiger partial charge in [-0.2, -0.15) is 10.5 Å². The molecular weight excluding hydrogens is 432 g/mol. The highest BCUT2D eigenvalue weighted by atomic mass is 16.3. The zero-order valence-corrected chi connectivity index (χ0v) is 22.7. The van der Waals surface area contributed by atoms with Gasteiger partial charge >= 0.3 is 0 Å². The summed E-state index contributed by atoms with van der Waals surface area (Å²) in [5.41, 5.74) is 0.0523. The number of hydrogen-bond acceptors (Lipinski definition) is 4. The monoisotopic (exact) mass is 474 g/mol. The molecule has 0 spiro atoms. The van der Waals surface area contributed by atoms with E-state index in [0.717, 1.165) is 50.5 Å². The predicted molar refractivity (Wildman–Crippen MR) is 136 cm³/mol. The molecule has 1 N–H and O–H groups in total. The third-order valence-electron chi connectivity index (χ3n) is 12.3. The summed E-state index contributed by atoms with van der Waals surface area (Å²) in [6, 6.07) is 5.02. The molecule has 0 aliphatic heterocycles. The average Bonchev–Trinajstić information content (AvgIpc) is 2.77. The summed E-state index contributed by atoms with van der Waals surface area (Å²) >= 11 is 0. The molecule has 0 aromatic rings. The van der Waals surface area contributed by atoms with Crippen molar-refractivity contribution in [2.75, 3.05) is 0 Å². The molecule has 0 bridgehead atoms. The number of allylic oxidation sites excluding steroid dienone is 3. The summed E-state index contributed by atoms with van der Waals surface area (Å²) in [4.78, 5) is 14.2. The first-order valence-corrected chi connectivity index (χ1v) is 13.6. The van der Waals surface area contributed by atoms with Gasteiger partial charge in [-0.25, -0.2) is 0 Å². The number of nitriles is 2. The van der Waals surface area contributed by atoms with Crippen LogP contribution in [0.1, 0.15) is 93.4 Å². The molecule has 2 unspecified atom stereocenters. The largest absolute Gasteiger partial charge is 0.387 e. The van der Waals surface area contributed by atoms with Gasteiger partial charge < -0.3 is 5.11 Å². The van der Waals surface area contributed by atoms with E-state index < -0.39 is 16.9 Å². The summed E-state index contributed by atoms with van der Waals surface area (Å²) < 4.78 is 0. The highest BCUT2D eigenvalue weighted by Gasteiger charge is 2.69. The standard InChI is InChI=1S/C31H42N2O2/c1-26(2)10-12-31(18-33)13-11-30(7)24(20(31)16-26)21(34)14-23-28(5)15-19(17-32)25(35)27(3,4)22(28)8-9-29(23,30)6/h14-15,20,22,24-25,35H,8-13,16H2,1-7H3/t20-,22?,24+,25?,28+,29-,30-,31-/m1/s1. The third kappa shape index (κ3) is 2.90. The van der Waals surface area contributed by atoms with Crippen molar-refractivity contribution in [3.63, 3.8) is 0 Å². The van der Waals surface area contributed by atoms with Gasteiger partial charge in [-0.15, -0.1) is 0 Å². The molecule has 4 nitrogen and oxygen atoms in total. The molecule has 0 radical (unpaired) electrons. The highest BCUT2D eigenvalue weighted by molar-refractivity contribution is 5.95. The lowest BCUT2D eigenvalue weighted by Gasteiger charge is -2.69. The lowest BCUT2D eigenvalue weighted by atomic mass is 9.34. The zero-order chi connectivity index (χ0) is 25.8. The Hall–Kier alpha value is -1.91. The zero-order valence-electron chi connectivity index (χ0n) is 22.7. The minimum absolute atomic E-state index is 0.0949. The van der Waals surface area contributed by atoms with Crippen molar-refractivity contribution in [1.29, 1.82) is 10.5 Å². The summed E-state index contributed by atoms with van der Waals surface area (Å²) in [6.07, 6.45) is 9.74. The van der Waals surface area contributed by atoms with E-state index in [1.54, 1.807) is 0 Å². The molecule has 3 fully saturated rings. The second kappa shape index (κ2) is 7.10. The summed E-state index contributed by atoms with van der Waals surface area (Å²) in [6.45, 7) is 15.7. The minimum Gasteiger partial charge on any atom is -0.387 e. The van der Waals surface area contributed by atoms with E-state index in [0.29, 0.717) is 5.57 Å². The van der Waals surface area contributed by atoms with Gasteiger partial charge in [0.05, 0.1) is 29.2 Å². The Labute approximate surface area is 211 Å². The second-order valence-electron chi connectivity index (χ2n) is 14.7. The molecule has 8 atom stereocenters. The average molecular weight is 475 g/mol. The number of ketones is 1. The SMILES string of the molecule is CC1(C)CC[C@]2(C#N)CC[C@]3(C)[C@H](C(=O)C=C4[C@@]5(C)C=C(C#N)C(O)C(C)(C)C5CC[C@]43C)[C@H]2C1. The van der Waals surface area contributed by atoms with E-state index >= 15 is 0 Å². The molecule has 5 aliphatic carbocycles. The first-order chi connectivity index (χ1) is 16.1. The number of hydrogen-bond donors (Lipinski definition) is 1. The van der Waals surface area contributed by atoms with E-state index in [4.69, 9.17) is 0 Å². The van der Waals surface area contributed by atoms with Crippen molar-refractivity contribution in [2.45, 2.75) is 99.5 Å². The molecule has 3 saturated carbocycles. The van der Waals surface area contributed by atoms with Crippen LogP contribution in [0.3, 0.4) is 0 Å². The van der Waals surface area contributed by atoms with Crippen molar-refractivity contribution in [3.8, 4) is 12.1 Å². The van der Waals surface area contributed by atoms with Crippen LogP contribution in [0.5, 0.6) is 0 Å². The van der Waals surface area contributed by atoms with Crippen molar-refractivity contribution >= 4 is 5.78 Å². The first kappa shape index (κ1) is 24.8. The van der Waals surface area contributed by atoms with Crippen LogP contribution in [-0.2, 0) is 4.79 Å². The van der Waals surface area contributed by atoms with Gasteiger partial charge in [0.25, 0.3) is 0 Å². The maximum absolute atomic E-state index is 14.2. The molecule has 0 heterocycles. The van der Waals surface area contributed by atoms with E-state index in [-0.39, 0.29) is 45.2 Å². The van der Waals surface area contributed by atoms with Crippen LogP contribution in [0, 0.1) is 72.9 Å². The van der Waals surface area contributed by atoms with Crippen LogP contribution in [0.15, 0.2) is 23.3 Å². The fraction of sp³-hybridized carbons (Fsp3) is 0.774. The van der Waals surface area contributed by atoms with Crippen molar-refractivity contribution in [1.82, 2.24) is 0 Å². The van der Waals surface area contributed by atoms with Gasteiger partial charge in [0.1, 0.15) is 0 Å². The van der Waals surface area contributed by atoms with Gasteiger partial charge in [0.2, 0.25) is 0 Å². The fourth-order valence-corrected chi connectivity index (χ4v) is 9.99. The number of nitrogens with zero attached hydrogens (tertiary/aromatic N) is 2. The van der Waals surface area contributed by atoms with E-state index in [9.17, 15) is 20.4 Å². The predicted octanol–water partition coefficient (Wildman–Crippen LogP) is 6.52. The third-order valence-corrected chi connectivity index (χ3v) is 12.3. The maximum atomic E-state index is 14.2. The number of aliphatic hydroxyl groups is 1. The Morgan fingerprint density at radius 3 is 2.26 bits per heavy atom. The van der Waals surface area contributed by atoms with Crippen LogP contribution in [0.25, 0.3) is 0 Å². The van der Waals surface area contributed by atoms with Crippen molar-refractivity contribution < 1.29 is 9.90 Å². The van der Waals surface area contributed by atoms with Gasteiger partial charge in [-0.1, -0.05) is 60.1 Å². The molecule has 0 amide bonds. The molecule has 0 aromatic carbocycles. The topological polar surface area (TPSA) is 84.9 Å². The van der Waals surface area contributed by atoms with Gasteiger partial charge in [0.15, 0.2) is 5.78 Å². The van der Waals surface area contributed by atoms with Crippen molar-refractivity contribution in [2.24, 2.45) is 50.2 Å². The Morgan fingerprint density at radius 1 is 0.971 bits per heavy atom. The van der Waals surface area contributed by atoms with E-state index in [2.05, 4.69) is 60.6 Å². The van der Waals surface area contributed by atoms with Gasteiger partial charge in [-0.3, -0.25) is 4.79 Å². The second-order valence-corrected chi connectivity index (χ2v) is 14.7. The molecular formula is C31H42N2O2. The molecule has 5 aliphatic rings. The van der Waals surface area contributed by atoms with Crippen LogP contribution in [0.4, 0.5) is 0 Å². The van der Waals surface area contributed by atoms with Crippen LogP contribution < -0.4 is 0 Å². The summed E-state index contributed by atoms with van der Waals surface area (Å²) in [7, 11) is 0. The Bertz CT molecular complexity index is 1130.